The number of rotatable bonds is 13. The van der Waals surface area contributed by atoms with Crippen molar-refractivity contribution in [3.63, 3.8) is 0 Å². The number of carbonyl (C=O) groups is 1. The molecule has 0 aliphatic carbocycles. The summed E-state index contributed by atoms with van der Waals surface area (Å²) in [6, 6.07) is 0. The van der Waals surface area contributed by atoms with Crippen molar-refractivity contribution < 1.29 is 24.5 Å². The van der Waals surface area contributed by atoms with E-state index in [0.717, 1.165) is 0 Å². The first-order valence-corrected chi connectivity index (χ1v) is 6.43. The van der Waals surface area contributed by atoms with Crippen molar-refractivity contribution in [3.8, 4) is 0 Å². The summed E-state index contributed by atoms with van der Waals surface area (Å²) in [7, 11) is 0. The Labute approximate surface area is 113 Å². The van der Waals surface area contributed by atoms with Crippen LogP contribution < -0.4 is 5.32 Å². The molecule has 0 radical (unpaired) electrons. The zero-order chi connectivity index (χ0) is 14.2. The summed E-state index contributed by atoms with van der Waals surface area (Å²) in [5.41, 5.74) is 0. The highest BCUT2D eigenvalue weighted by Gasteiger charge is 1.98. The standard InChI is InChI=1S/C12H24N2O5/c15-6-10-18-8-4-13-3-1-2-12(17)14-5-9-19-11-7-16/h3,15-16H,1-2,4-11H2,(H,14,17). The van der Waals surface area contributed by atoms with Crippen LogP contribution in [0, 0.1) is 0 Å². The van der Waals surface area contributed by atoms with Crippen LogP contribution in [0.5, 0.6) is 0 Å². The average molecular weight is 276 g/mol. The molecule has 0 saturated heterocycles. The van der Waals surface area contributed by atoms with Crippen LogP contribution in [0.15, 0.2) is 4.99 Å². The Hall–Kier alpha value is -1.02. The largest absolute Gasteiger partial charge is 0.394 e. The second-order valence-corrected chi connectivity index (χ2v) is 3.65. The van der Waals surface area contributed by atoms with Gasteiger partial charge in [0.2, 0.25) is 5.91 Å². The van der Waals surface area contributed by atoms with E-state index < -0.39 is 0 Å². The topological polar surface area (TPSA) is 100 Å². The van der Waals surface area contributed by atoms with Crippen LogP contribution in [0.25, 0.3) is 0 Å². The molecule has 0 saturated carbocycles. The Kier molecular flexibility index (Phi) is 14.2. The number of aliphatic imine (C=N–C) groups is 1. The molecule has 0 aromatic rings. The van der Waals surface area contributed by atoms with Crippen LogP contribution >= 0.6 is 0 Å². The fourth-order valence-corrected chi connectivity index (χ4v) is 1.18. The van der Waals surface area contributed by atoms with Crippen LogP contribution in [0.3, 0.4) is 0 Å². The fraction of sp³-hybridized carbons (Fsp3) is 0.833. The lowest BCUT2D eigenvalue weighted by atomic mass is 10.3. The lowest BCUT2D eigenvalue weighted by molar-refractivity contribution is -0.121. The number of nitrogens with zero attached hydrogens (tertiary/aromatic N) is 1. The highest BCUT2D eigenvalue weighted by Crippen LogP contribution is 1.86. The maximum atomic E-state index is 11.3. The first-order valence-electron chi connectivity index (χ1n) is 6.43. The summed E-state index contributed by atoms with van der Waals surface area (Å²) in [5.74, 6) is -0.0458. The summed E-state index contributed by atoms with van der Waals surface area (Å²) in [6.45, 7) is 2.51. The van der Waals surface area contributed by atoms with E-state index in [4.69, 9.17) is 19.7 Å². The molecule has 0 spiro atoms. The van der Waals surface area contributed by atoms with Crippen molar-refractivity contribution in [3.05, 3.63) is 0 Å². The summed E-state index contributed by atoms with van der Waals surface area (Å²) in [6.07, 6.45) is 2.68. The molecule has 7 nitrogen and oxygen atoms in total. The molecule has 0 atom stereocenters. The van der Waals surface area contributed by atoms with Crippen molar-refractivity contribution >= 4 is 12.1 Å². The van der Waals surface area contributed by atoms with Crippen LogP contribution in [-0.4, -0.2) is 75.1 Å². The predicted octanol–water partition coefficient (Wildman–Crippen LogP) is -1.03. The monoisotopic (exact) mass is 276 g/mol. The minimum absolute atomic E-state index is 0.00751. The Bertz CT molecular complexity index is 236. The number of carbonyl (C=O) groups excluding carboxylic acids is 1. The molecular formula is C12H24N2O5. The molecule has 0 aromatic heterocycles. The Morgan fingerprint density at radius 3 is 2.47 bits per heavy atom. The maximum absolute atomic E-state index is 11.3. The van der Waals surface area contributed by atoms with Gasteiger partial charge in [-0.2, -0.15) is 0 Å². The van der Waals surface area contributed by atoms with Gasteiger partial charge in [0.25, 0.3) is 0 Å². The smallest absolute Gasteiger partial charge is 0.220 e. The summed E-state index contributed by atoms with van der Waals surface area (Å²) in [4.78, 5) is 15.4. The SMILES string of the molecule is O=C(CCC=NCCOCCO)NCCOCCO. The van der Waals surface area contributed by atoms with Gasteiger partial charge >= 0.3 is 0 Å². The Morgan fingerprint density at radius 1 is 1.11 bits per heavy atom. The van der Waals surface area contributed by atoms with E-state index in [-0.39, 0.29) is 19.1 Å². The average Bonchev–Trinajstić information content (AvgIpc) is 2.41. The Morgan fingerprint density at radius 2 is 1.79 bits per heavy atom. The van der Waals surface area contributed by atoms with Crippen LogP contribution in [0.1, 0.15) is 12.8 Å². The van der Waals surface area contributed by atoms with Gasteiger partial charge in [0.1, 0.15) is 0 Å². The van der Waals surface area contributed by atoms with Crippen molar-refractivity contribution in [1.29, 1.82) is 0 Å². The predicted molar refractivity (Wildman–Crippen MR) is 71.4 cm³/mol. The van der Waals surface area contributed by atoms with Crippen LogP contribution in [-0.2, 0) is 14.3 Å². The lowest BCUT2D eigenvalue weighted by Gasteiger charge is -2.04. The molecule has 1 amide bonds. The zero-order valence-corrected chi connectivity index (χ0v) is 11.2. The van der Waals surface area contributed by atoms with E-state index in [2.05, 4.69) is 10.3 Å². The first kappa shape index (κ1) is 18.0. The minimum atomic E-state index is -0.0458. The third-order valence-electron chi connectivity index (χ3n) is 2.03. The summed E-state index contributed by atoms with van der Waals surface area (Å²) >= 11 is 0. The first-order chi connectivity index (χ1) is 9.31. The van der Waals surface area contributed by atoms with E-state index in [0.29, 0.717) is 52.4 Å². The second-order valence-electron chi connectivity index (χ2n) is 3.65. The van der Waals surface area contributed by atoms with Gasteiger partial charge in [0.15, 0.2) is 0 Å². The van der Waals surface area contributed by atoms with E-state index in [1.165, 1.54) is 0 Å². The highest BCUT2D eigenvalue weighted by atomic mass is 16.5. The highest BCUT2D eigenvalue weighted by molar-refractivity contribution is 5.78. The van der Waals surface area contributed by atoms with Gasteiger partial charge in [0, 0.05) is 13.0 Å². The zero-order valence-electron chi connectivity index (χ0n) is 11.2. The molecule has 0 rings (SSSR count). The van der Waals surface area contributed by atoms with Crippen LogP contribution in [0.4, 0.5) is 0 Å². The number of aliphatic hydroxyl groups is 2. The molecule has 3 N–H and O–H groups in total. The number of aliphatic hydroxyl groups excluding tert-OH is 2. The summed E-state index contributed by atoms with van der Waals surface area (Å²) in [5, 5.41) is 19.6. The van der Waals surface area contributed by atoms with Gasteiger partial charge in [-0.1, -0.05) is 0 Å². The molecule has 0 bridgehead atoms. The van der Waals surface area contributed by atoms with Crippen molar-refractivity contribution in [2.24, 2.45) is 4.99 Å². The quantitative estimate of drug-likeness (QED) is 0.295. The maximum Gasteiger partial charge on any atom is 0.220 e. The van der Waals surface area contributed by atoms with Gasteiger partial charge in [-0.3, -0.25) is 9.79 Å². The van der Waals surface area contributed by atoms with Crippen molar-refractivity contribution in [1.82, 2.24) is 5.32 Å². The van der Waals surface area contributed by atoms with Gasteiger partial charge < -0.3 is 25.0 Å². The molecule has 7 heteroatoms. The van der Waals surface area contributed by atoms with E-state index in [1.807, 2.05) is 0 Å². The van der Waals surface area contributed by atoms with E-state index >= 15 is 0 Å². The molecule has 0 aliphatic heterocycles. The van der Waals surface area contributed by atoms with Crippen molar-refractivity contribution in [2.45, 2.75) is 12.8 Å². The number of amides is 1. The van der Waals surface area contributed by atoms with Gasteiger partial charge in [0.05, 0.1) is 46.2 Å². The van der Waals surface area contributed by atoms with E-state index in [1.54, 1.807) is 6.21 Å². The van der Waals surface area contributed by atoms with Gasteiger partial charge in [-0.15, -0.1) is 0 Å². The molecule has 0 aromatic carbocycles. The molecule has 0 aliphatic rings. The second kappa shape index (κ2) is 15.0. The molecule has 0 fully saturated rings. The fourth-order valence-electron chi connectivity index (χ4n) is 1.18. The van der Waals surface area contributed by atoms with E-state index in [9.17, 15) is 4.79 Å². The van der Waals surface area contributed by atoms with Gasteiger partial charge in [-0.25, -0.2) is 0 Å². The molecule has 112 valence electrons. The molecule has 19 heavy (non-hydrogen) atoms. The third kappa shape index (κ3) is 14.9. The summed E-state index contributed by atoms with van der Waals surface area (Å²) < 4.78 is 10.0. The molecule has 0 heterocycles. The Balaban J connectivity index is 3.25. The number of ether oxygens (including phenoxy) is 2. The number of hydrogen-bond acceptors (Lipinski definition) is 6. The van der Waals surface area contributed by atoms with Gasteiger partial charge in [-0.05, 0) is 12.6 Å². The lowest BCUT2D eigenvalue weighted by Crippen LogP contribution is -2.27. The molecule has 0 unspecified atom stereocenters. The van der Waals surface area contributed by atoms with Crippen LogP contribution in [0.2, 0.25) is 0 Å². The normalized spacial score (nSPS) is 11.1. The number of nitrogens with one attached hydrogen (secondary N) is 1. The van der Waals surface area contributed by atoms with Crippen molar-refractivity contribution in [2.75, 3.05) is 52.7 Å². The molecular weight excluding hydrogens is 252 g/mol. The third-order valence-corrected chi connectivity index (χ3v) is 2.03. The number of hydrogen-bond donors (Lipinski definition) is 3. The minimum Gasteiger partial charge on any atom is -0.394 e.